The molecule has 0 aliphatic heterocycles. The van der Waals surface area contributed by atoms with Crippen molar-refractivity contribution in [3.63, 3.8) is 0 Å². The van der Waals surface area contributed by atoms with Gasteiger partial charge in [0.15, 0.2) is 5.96 Å². The maximum Gasteiger partial charge on any atom is 0.416 e. The van der Waals surface area contributed by atoms with Crippen molar-refractivity contribution in [2.75, 3.05) is 26.2 Å². The Morgan fingerprint density at radius 2 is 2.00 bits per heavy atom. The Balaban J connectivity index is 0.00000576. The zero-order chi connectivity index (χ0) is 18.0. The van der Waals surface area contributed by atoms with Crippen molar-refractivity contribution >= 4 is 29.9 Å². The Kier molecular flexibility index (Phi) is 11.6. The van der Waals surface area contributed by atoms with Crippen molar-refractivity contribution in [2.45, 2.75) is 32.5 Å². The summed E-state index contributed by atoms with van der Waals surface area (Å²) in [5.41, 5.74) is -0.740. The van der Waals surface area contributed by atoms with E-state index in [-0.39, 0.29) is 49.0 Å². The third kappa shape index (κ3) is 9.15. The highest BCUT2D eigenvalue weighted by atomic mass is 127. The normalized spacial score (nSPS) is 13.0. The van der Waals surface area contributed by atoms with Gasteiger partial charge in [-0.15, -0.1) is 24.0 Å². The molecule has 0 heterocycles. The summed E-state index contributed by atoms with van der Waals surface area (Å²) in [6, 6.07) is 4.81. The summed E-state index contributed by atoms with van der Waals surface area (Å²) in [5, 5.41) is 14.8. The molecule has 25 heavy (non-hydrogen) atoms. The number of aliphatic hydroxyl groups is 1. The predicted molar refractivity (Wildman–Crippen MR) is 103 cm³/mol. The second-order valence-corrected chi connectivity index (χ2v) is 5.04. The average Bonchev–Trinajstić information content (AvgIpc) is 2.55. The van der Waals surface area contributed by atoms with Crippen LogP contribution in [0.2, 0.25) is 0 Å². The third-order valence-electron chi connectivity index (χ3n) is 3.12. The highest BCUT2D eigenvalue weighted by molar-refractivity contribution is 14.0. The molecule has 5 nitrogen and oxygen atoms in total. The Morgan fingerprint density at radius 1 is 1.28 bits per heavy atom. The predicted octanol–water partition coefficient (Wildman–Crippen LogP) is 3.03. The smallest absolute Gasteiger partial charge is 0.416 e. The highest BCUT2D eigenvalue weighted by Gasteiger charge is 2.30. The van der Waals surface area contributed by atoms with Crippen LogP contribution < -0.4 is 15.4 Å². The molecule has 1 unspecified atom stereocenters. The van der Waals surface area contributed by atoms with Crippen molar-refractivity contribution in [1.29, 1.82) is 0 Å². The minimum absolute atomic E-state index is 0. The van der Waals surface area contributed by atoms with Crippen LogP contribution in [0, 0.1) is 0 Å². The first-order valence-electron chi connectivity index (χ1n) is 7.87. The fourth-order valence-electron chi connectivity index (χ4n) is 1.90. The minimum Gasteiger partial charge on any atom is -0.488 e. The topological polar surface area (TPSA) is 65.9 Å². The van der Waals surface area contributed by atoms with E-state index < -0.39 is 11.7 Å². The molecule has 0 fully saturated rings. The lowest BCUT2D eigenvalue weighted by Crippen LogP contribution is -2.39. The summed E-state index contributed by atoms with van der Waals surface area (Å²) < 4.78 is 43.8. The molecule has 0 aliphatic carbocycles. The average molecular weight is 475 g/mol. The molecule has 0 aromatic heterocycles. The van der Waals surface area contributed by atoms with Gasteiger partial charge >= 0.3 is 6.18 Å². The second kappa shape index (κ2) is 12.2. The van der Waals surface area contributed by atoms with Crippen molar-refractivity contribution < 1.29 is 23.0 Å². The van der Waals surface area contributed by atoms with E-state index in [0.29, 0.717) is 25.5 Å². The van der Waals surface area contributed by atoms with Crippen LogP contribution in [0.5, 0.6) is 5.75 Å². The van der Waals surface area contributed by atoms with Crippen LogP contribution in [0.15, 0.2) is 29.3 Å². The molecule has 0 radical (unpaired) electrons. The van der Waals surface area contributed by atoms with E-state index in [1.54, 1.807) is 0 Å². The standard InChI is InChI=1S/C16H24F3N3O2.HI/c1-3-13(11-22-15(20-4-2)21-8-9-23)24-14-7-5-6-12(10-14)16(17,18)19;/h5-7,10,13,23H,3-4,8-9,11H2,1-2H3,(H2,20,21,22);1H. The molecule has 1 aromatic carbocycles. The van der Waals surface area contributed by atoms with E-state index in [1.165, 1.54) is 12.1 Å². The molecule has 0 saturated carbocycles. The van der Waals surface area contributed by atoms with Gasteiger partial charge in [0.05, 0.1) is 18.7 Å². The zero-order valence-electron chi connectivity index (χ0n) is 14.3. The van der Waals surface area contributed by atoms with Crippen LogP contribution in [0.3, 0.4) is 0 Å². The molecule has 1 aromatic rings. The minimum atomic E-state index is -4.40. The van der Waals surface area contributed by atoms with E-state index in [9.17, 15) is 13.2 Å². The van der Waals surface area contributed by atoms with Crippen molar-refractivity contribution in [3.05, 3.63) is 29.8 Å². The van der Waals surface area contributed by atoms with Crippen molar-refractivity contribution in [2.24, 2.45) is 4.99 Å². The maximum atomic E-state index is 12.7. The van der Waals surface area contributed by atoms with Gasteiger partial charge in [0.2, 0.25) is 0 Å². The van der Waals surface area contributed by atoms with Crippen LogP contribution in [0.1, 0.15) is 25.8 Å². The van der Waals surface area contributed by atoms with Gasteiger partial charge in [-0.05, 0) is 31.5 Å². The summed E-state index contributed by atoms with van der Waals surface area (Å²) in [6.07, 6.45) is -4.15. The number of hydrogen-bond donors (Lipinski definition) is 3. The molecular formula is C16H25F3IN3O2. The molecule has 1 atom stereocenters. The van der Waals surface area contributed by atoms with E-state index in [4.69, 9.17) is 9.84 Å². The molecule has 3 N–H and O–H groups in total. The maximum absolute atomic E-state index is 12.7. The van der Waals surface area contributed by atoms with E-state index in [1.807, 2.05) is 13.8 Å². The Labute approximate surface area is 163 Å². The number of halogens is 4. The number of aliphatic imine (C=N–C) groups is 1. The van der Waals surface area contributed by atoms with Crippen LogP contribution in [-0.4, -0.2) is 43.4 Å². The summed E-state index contributed by atoms with van der Waals surface area (Å²) >= 11 is 0. The fourth-order valence-corrected chi connectivity index (χ4v) is 1.90. The highest BCUT2D eigenvalue weighted by Crippen LogP contribution is 2.31. The van der Waals surface area contributed by atoms with Crippen LogP contribution in [-0.2, 0) is 6.18 Å². The summed E-state index contributed by atoms with van der Waals surface area (Å²) in [7, 11) is 0. The molecule has 144 valence electrons. The van der Waals surface area contributed by atoms with Gasteiger partial charge in [-0.25, -0.2) is 4.99 Å². The van der Waals surface area contributed by atoms with Crippen LogP contribution in [0.25, 0.3) is 0 Å². The number of nitrogens with one attached hydrogen (secondary N) is 2. The molecule has 1 rings (SSSR count). The summed E-state index contributed by atoms with van der Waals surface area (Å²) in [6.45, 7) is 5.06. The van der Waals surface area contributed by atoms with E-state index >= 15 is 0 Å². The Hall–Kier alpha value is -1.23. The van der Waals surface area contributed by atoms with Gasteiger partial charge in [0, 0.05) is 13.1 Å². The lowest BCUT2D eigenvalue weighted by molar-refractivity contribution is -0.137. The fraction of sp³-hybridized carbons (Fsp3) is 0.562. The molecule has 9 heteroatoms. The number of aliphatic hydroxyl groups excluding tert-OH is 1. The number of rotatable bonds is 8. The molecule has 0 bridgehead atoms. The molecule has 0 amide bonds. The molecule has 0 aliphatic rings. The molecule has 0 spiro atoms. The van der Waals surface area contributed by atoms with Gasteiger partial charge in [0.1, 0.15) is 11.9 Å². The molecular weight excluding hydrogens is 450 g/mol. The van der Waals surface area contributed by atoms with Gasteiger partial charge in [0.25, 0.3) is 0 Å². The van der Waals surface area contributed by atoms with Gasteiger partial charge in [-0.2, -0.15) is 13.2 Å². The van der Waals surface area contributed by atoms with Gasteiger partial charge < -0.3 is 20.5 Å². The largest absolute Gasteiger partial charge is 0.488 e. The van der Waals surface area contributed by atoms with Crippen molar-refractivity contribution in [3.8, 4) is 5.75 Å². The summed E-state index contributed by atoms with van der Waals surface area (Å²) in [4.78, 5) is 4.33. The quantitative estimate of drug-likeness (QED) is 0.307. The van der Waals surface area contributed by atoms with Gasteiger partial charge in [-0.3, -0.25) is 0 Å². The zero-order valence-corrected chi connectivity index (χ0v) is 16.6. The number of ether oxygens (including phenoxy) is 1. The Morgan fingerprint density at radius 3 is 2.56 bits per heavy atom. The lowest BCUT2D eigenvalue weighted by atomic mass is 10.2. The number of alkyl halides is 3. The second-order valence-electron chi connectivity index (χ2n) is 5.04. The van der Waals surface area contributed by atoms with Crippen molar-refractivity contribution in [1.82, 2.24) is 10.6 Å². The number of hydrogen-bond acceptors (Lipinski definition) is 3. The monoisotopic (exact) mass is 475 g/mol. The SMILES string of the molecule is CCNC(=NCC(CC)Oc1cccc(C(F)(F)F)c1)NCCO.I. The molecule has 0 saturated heterocycles. The number of benzene rings is 1. The lowest BCUT2D eigenvalue weighted by Gasteiger charge is -2.18. The first kappa shape index (κ1) is 23.8. The summed E-state index contributed by atoms with van der Waals surface area (Å²) in [5.74, 6) is 0.692. The van der Waals surface area contributed by atoms with Crippen LogP contribution >= 0.6 is 24.0 Å². The van der Waals surface area contributed by atoms with Crippen LogP contribution in [0.4, 0.5) is 13.2 Å². The Bertz CT molecular complexity index is 528. The first-order chi connectivity index (χ1) is 11.4. The third-order valence-corrected chi connectivity index (χ3v) is 3.12. The van der Waals surface area contributed by atoms with E-state index in [2.05, 4.69) is 15.6 Å². The number of guanidine groups is 1. The van der Waals surface area contributed by atoms with Gasteiger partial charge in [-0.1, -0.05) is 13.0 Å². The first-order valence-corrected chi connectivity index (χ1v) is 7.87. The number of nitrogens with zero attached hydrogens (tertiary/aromatic N) is 1. The van der Waals surface area contributed by atoms with E-state index in [0.717, 1.165) is 12.1 Å².